The van der Waals surface area contributed by atoms with Gasteiger partial charge in [0.25, 0.3) is 5.53 Å². The van der Waals surface area contributed by atoms with E-state index in [4.69, 9.17) is 22.8 Å². The molecule has 0 aromatic heterocycles. The minimum absolute atomic E-state index is 0.0587. The van der Waals surface area contributed by atoms with E-state index in [0.29, 0.717) is 0 Å². The first-order chi connectivity index (χ1) is 10.2. The Balaban J connectivity index is 3.34. The van der Waals surface area contributed by atoms with Crippen LogP contribution < -0.4 is 0 Å². The molecule has 8 nitrogen and oxygen atoms in total. The Labute approximate surface area is 131 Å². The maximum absolute atomic E-state index is 13.1. The van der Waals surface area contributed by atoms with Gasteiger partial charge < -0.3 is 23.4 Å². The van der Waals surface area contributed by atoms with Gasteiger partial charge in [-0.3, -0.25) is 13.7 Å². The molecule has 3 unspecified atom stereocenters. The number of hydrogen-bond acceptors (Lipinski definition) is 8. The van der Waals surface area contributed by atoms with Crippen LogP contribution in [0.15, 0.2) is 0 Å². The number of aliphatic hydroxyl groups is 1. The largest absolute Gasteiger partial charge is 0.390 e. The second-order valence-electron chi connectivity index (χ2n) is 4.88. The molecule has 10 heteroatoms. The Hall–Kier alpha value is 0.220. The van der Waals surface area contributed by atoms with Crippen LogP contribution in [0.25, 0.3) is 0 Å². The highest BCUT2D eigenvalue weighted by atomic mass is 31.2. The third-order valence-corrected chi connectivity index (χ3v) is 8.12. The third-order valence-electron chi connectivity index (χ3n) is 3.10. The molecule has 22 heavy (non-hydrogen) atoms. The summed E-state index contributed by atoms with van der Waals surface area (Å²) in [4.78, 5) is 0. The zero-order valence-electron chi connectivity index (χ0n) is 13.7. The molecule has 0 aromatic rings. The van der Waals surface area contributed by atoms with Crippen molar-refractivity contribution < 1.29 is 37.1 Å². The summed E-state index contributed by atoms with van der Waals surface area (Å²) >= 11 is 0. The van der Waals surface area contributed by atoms with Gasteiger partial charge in [0.2, 0.25) is 0 Å². The minimum Gasteiger partial charge on any atom is -0.377 e. The lowest BCUT2D eigenvalue weighted by molar-refractivity contribution is -0.133. The SMILES string of the molecule is CCOC1(P(=O)(OCC)OCC)CC(C)(O)P(=O)(OCC)O1. The Kier molecular flexibility index (Phi) is 6.82. The fourth-order valence-corrected chi connectivity index (χ4v) is 6.82. The van der Waals surface area contributed by atoms with Crippen molar-refractivity contribution in [3.05, 3.63) is 0 Å². The summed E-state index contributed by atoms with van der Waals surface area (Å²) in [7, 11) is -7.92. The van der Waals surface area contributed by atoms with Crippen molar-refractivity contribution in [2.24, 2.45) is 0 Å². The number of ether oxygens (including phenoxy) is 1. The van der Waals surface area contributed by atoms with E-state index in [9.17, 15) is 14.2 Å². The number of rotatable bonds is 9. The van der Waals surface area contributed by atoms with Gasteiger partial charge in [-0.1, -0.05) is 0 Å². The smallest absolute Gasteiger partial charge is 0.377 e. The van der Waals surface area contributed by atoms with Crippen molar-refractivity contribution in [3.8, 4) is 0 Å². The first-order valence-corrected chi connectivity index (χ1v) is 10.5. The summed E-state index contributed by atoms with van der Waals surface area (Å²) < 4.78 is 52.5. The highest BCUT2D eigenvalue weighted by Crippen LogP contribution is 2.78. The normalized spacial score (nSPS) is 35.9. The third kappa shape index (κ3) is 3.50. The Bertz CT molecular complexity index is 456. The molecule has 1 saturated heterocycles. The van der Waals surface area contributed by atoms with Crippen LogP contribution in [0.3, 0.4) is 0 Å². The fourth-order valence-electron chi connectivity index (χ4n) is 2.28. The van der Waals surface area contributed by atoms with Gasteiger partial charge in [-0.2, -0.15) is 0 Å². The van der Waals surface area contributed by atoms with E-state index in [-0.39, 0.29) is 32.8 Å². The van der Waals surface area contributed by atoms with Gasteiger partial charge in [-0.15, -0.1) is 0 Å². The summed E-state index contributed by atoms with van der Waals surface area (Å²) in [6.45, 7) is 8.17. The lowest BCUT2D eigenvalue weighted by Crippen LogP contribution is -2.35. The average molecular weight is 360 g/mol. The van der Waals surface area contributed by atoms with Crippen LogP contribution in [0.1, 0.15) is 41.0 Å². The monoisotopic (exact) mass is 360 g/mol. The summed E-state index contributed by atoms with van der Waals surface area (Å²) in [5.74, 6) is 0. The molecule has 0 bridgehead atoms. The highest BCUT2D eigenvalue weighted by molar-refractivity contribution is 7.59. The molecular formula is C12H26O8P2. The van der Waals surface area contributed by atoms with E-state index >= 15 is 0 Å². The molecule has 1 N–H and O–H groups in total. The molecule has 3 atom stereocenters. The summed E-state index contributed by atoms with van der Waals surface area (Å²) in [6, 6.07) is 0. The fraction of sp³-hybridized carbons (Fsp3) is 1.00. The van der Waals surface area contributed by atoms with Crippen LogP contribution in [0.5, 0.6) is 0 Å². The standard InChI is InChI=1S/C12H26O8P2/c1-6-16-12(22(15,18-8-3)19-9-4)10-11(5,13)21(14,20-12)17-7-2/h13H,6-10H2,1-5H3. The molecule has 0 radical (unpaired) electrons. The summed E-state index contributed by atoms with van der Waals surface area (Å²) in [6.07, 6.45) is -0.345. The quantitative estimate of drug-likeness (QED) is 0.625. The number of hydrogen-bond donors (Lipinski definition) is 1. The van der Waals surface area contributed by atoms with Crippen molar-refractivity contribution in [2.75, 3.05) is 26.4 Å². The van der Waals surface area contributed by atoms with E-state index in [2.05, 4.69) is 0 Å². The maximum atomic E-state index is 13.1. The summed E-state index contributed by atoms with van der Waals surface area (Å²) in [5.41, 5.74) is -1.96. The summed E-state index contributed by atoms with van der Waals surface area (Å²) in [5, 5.41) is 8.62. The first-order valence-electron chi connectivity index (χ1n) is 7.36. The molecular weight excluding hydrogens is 334 g/mol. The average Bonchev–Trinajstić information content (AvgIpc) is 2.58. The van der Waals surface area contributed by atoms with Crippen LogP contribution in [0.2, 0.25) is 0 Å². The van der Waals surface area contributed by atoms with Crippen LogP contribution >= 0.6 is 15.2 Å². The van der Waals surface area contributed by atoms with Crippen molar-refractivity contribution in [1.29, 1.82) is 0 Å². The molecule has 132 valence electrons. The van der Waals surface area contributed by atoms with Gasteiger partial charge in [-0.05, 0) is 34.6 Å². The molecule has 0 aromatic carbocycles. The van der Waals surface area contributed by atoms with Crippen LogP contribution in [0.4, 0.5) is 0 Å². The van der Waals surface area contributed by atoms with Gasteiger partial charge in [0.15, 0.2) is 5.34 Å². The molecule has 0 amide bonds. The molecule has 1 aliphatic heterocycles. The highest BCUT2D eigenvalue weighted by Gasteiger charge is 2.71. The Morgan fingerprint density at radius 2 is 1.68 bits per heavy atom. The maximum Gasteiger partial charge on any atom is 0.390 e. The molecule has 0 spiro atoms. The van der Waals surface area contributed by atoms with Crippen LogP contribution in [-0.4, -0.2) is 42.4 Å². The van der Waals surface area contributed by atoms with Gasteiger partial charge in [0.05, 0.1) is 26.2 Å². The molecule has 1 rings (SSSR count). The van der Waals surface area contributed by atoms with Gasteiger partial charge in [0, 0.05) is 6.61 Å². The predicted molar refractivity (Wildman–Crippen MR) is 80.8 cm³/mol. The minimum atomic E-state index is -3.97. The molecule has 0 aliphatic carbocycles. The Morgan fingerprint density at radius 1 is 1.14 bits per heavy atom. The van der Waals surface area contributed by atoms with E-state index in [0.717, 1.165) is 0 Å². The van der Waals surface area contributed by atoms with Crippen LogP contribution in [-0.2, 0) is 32.0 Å². The van der Waals surface area contributed by atoms with Gasteiger partial charge in [-0.25, -0.2) is 0 Å². The van der Waals surface area contributed by atoms with Crippen molar-refractivity contribution in [3.63, 3.8) is 0 Å². The predicted octanol–water partition coefficient (Wildman–Crippen LogP) is 3.30. The first kappa shape index (κ1) is 20.3. The molecule has 0 saturated carbocycles. The lowest BCUT2D eigenvalue weighted by Gasteiger charge is -2.33. The lowest BCUT2D eigenvalue weighted by atomic mass is 10.2. The van der Waals surface area contributed by atoms with Gasteiger partial charge >= 0.3 is 15.2 Å². The van der Waals surface area contributed by atoms with Crippen LogP contribution in [0, 0.1) is 0 Å². The molecule has 1 aliphatic rings. The van der Waals surface area contributed by atoms with E-state index < -0.39 is 26.1 Å². The Morgan fingerprint density at radius 3 is 2.09 bits per heavy atom. The topological polar surface area (TPSA) is 101 Å². The zero-order valence-corrected chi connectivity index (χ0v) is 15.5. The zero-order chi connectivity index (χ0) is 17.1. The van der Waals surface area contributed by atoms with Crippen molar-refractivity contribution in [2.45, 2.75) is 51.9 Å². The molecule has 1 fully saturated rings. The van der Waals surface area contributed by atoms with Crippen molar-refractivity contribution in [1.82, 2.24) is 0 Å². The second-order valence-corrected chi connectivity index (χ2v) is 9.47. The van der Waals surface area contributed by atoms with Crippen molar-refractivity contribution >= 4 is 15.2 Å². The second kappa shape index (κ2) is 7.41. The van der Waals surface area contributed by atoms with E-state index in [1.165, 1.54) is 6.92 Å². The molecule has 1 heterocycles. The van der Waals surface area contributed by atoms with E-state index in [1.807, 2.05) is 0 Å². The van der Waals surface area contributed by atoms with E-state index in [1.54, 1.807) is 27.7 Å². The van der Waals surface area contributed by atoms with Gasteiger partial charge in [0.1, 0.15) is 0 Å².